The van der Waals surface area contributed by atoms with Gasteiger partial charge in [0.15, 0.2) is 5.03 Å². The van der Waals surface area contributed by atoms with Gasteiger partial charge in [0.1, 0.15) is 0 Å². The average Bonchev–Trinajstić information content (AvgIpc) is 2.54. The van der Waals surface area contributed by atoms with E-state index in [2.05, 4.69) is 23.0 Å². The Labute approximate surface area is 79.0 Å². The number of aromatic nitrogens is 2. The van der Waals surface area contributed by atoms with E-state index in [0.717, 1.165) is 6.07 Å². The first-order valence-electron chi connectivity index (χ1n) is 2.93. The Bertz CT molecular complexity index is 397. The molecule has 1 rings (SSSR count). The Hall–Kier alpha value is -1.22. The smallest absolute Gasteiger partial charge is 0.431 e. The van der Waals surface area contributed by atoms with E-state index in [4.69, 9.17) is 5.11 Å². The van der Waals surface area contributed by atoms with Gasteiger partial charge in [-0.25, -0.2) is 4.79 Å². The third kappa shape index (κ3) is 1.75. The molecule has 0 aliphatic heterocycles. The van der Waals surface area contributed by atoms with Gasteiger partial charge in [0, 0.05) is 6.20 Å². The fourth-order valence-electron chi connectivity index (χ4n) is 0.582. The first-order valence-corrected chi connectivity index (χ1v) is 4.77. The van der Waals surface area contributed by atoms with Crippen LogP contribution in [0.15, 0.2) is 17.3 Å². The molecule has 0 bridgehead atoms. The van der Waals surface area contributed by atoms with E-state index < -0.39 is 21.1 Å². The van der Waals surface area contributed by atoms with Crippen molar-refractivity contribution in [3.63, 3.8) is 0 Å². The van der Waals surface area contributed by atoms with E-state index in [1.807, 2.05) is 0 Å². The Morgan fingerprint density at radius 3 is 2.69 bits per heavy atom. The summed E-state index contributed by atoms with van der Waals surface area (Å²) < 4.78 is 22.3. The summed E-state index contributed by atoms with van der Waals surface area (Å²) in [5.41, 5.74) is 0. The minimum Gasteiger partial charge on any atom is -0.464 e. The first-order chi connectivity index (χ1) is 5.96. The Morgan fingerprint density at radius 2 is 2.31 bits per heavy atom. The van der Waals surface area contributed by atoms with Crippen LogP contribution in [0.5, 0.6) is 0 Å². The molecule has 0 spiro atoms. The first kappa shape index (κ1) is 9.86. The van der Waals surface area contributed by atoms with Crippen molar-refractivity contribution in [1.29, 1.82) is 0 Å². The molecule has 0 fully saturated rings. The lowest BCUT2D eigenvalue weighted by Crippen LogP contribution is -2.27. The van der Waals surface area contributed by atoms with E-state index in [1.165, 1.54) is 6.20 Å². The number of sulfonamides is 1. The molecule has 0 unspecified atom stereocenters. The van der Waals surface area contributed by atoms with E-state index in [-0.39, 0.29) is 3.71 Å². The second-order valence-electron chi connectivity index (χ2n) is 1.94. The maximum Gasteiger partial charge on any atom is 0.431 e. The molecule has 0 saturated carbocycles. The van der Waals surface area contributed by atoms with Crippen LogP contribution >= 0.6 is 12.8 Å². The molecule has 0 aromatic carbocycles. The maximum atomic E-state index is 11.2. The van der Waals surface area contributed by atoms with Crippen LogP contribution in [-0.2, 0) is 10.0 Å². The maximum absolute atomic E-state index is 11.2. The van der Waals surface area contributed by atoms with E-state index in [0.29, 0.717) is 0 Å². The monoisotopic (exact) mass is 223 g/mol. The van der Waals surface area contributed by atoms with Crippen molar-refractivity contribution in [2.24, 2.45) is 0 Å². The number of thiol groups is 1. The third-order valence-corrected chi connectivity index (χ3v) is 3.31. The van der Waals surface area contributed by atoms with Crippen molar-refractivity contribution in [3.05, 3.63) is 12.3 Å². The highest BCUT2D eigenvalue weighted by molar-refractivity contribution is 8.00. The molecule has 72 valence electrons. The molecule has 7 nitrogen and oxygen atoms in total. The molecule has 1 aromatic rings. The number of hydrogen-bond acceptors (Lipinski definition) is 5. The number of amides is 1. The van der Waals surface area contributed by atoms with E-state index >= 15 is 0 Å². The molecule has 9 heteroatoms. The number of nitrogens with one attached hydrogen (secondary N) is 1. The summed E-state index contributed by atoms with van der Waals surface area (Å²) in [6.45, 7) is 0. The quantitative estimate of drug-likeness (QED) is 0.608. The average molecular weight is 223 g/mol. The van der Waals surface area contributed by atoms with Crippen LogP contribution in [0.4, 0.5) is 4.79 Å². The summed E-state index contributed by atoms with van der Waals surface area (Å²) in [5.74, 6) is 0. The highest BCUT2D eigenvalue weighted by Crippen LogP contribution is 2.13. The van der Waals surface area contributed by atoms with Gasteiger partial charge in [-0.05, 0) is 18.9 Å². The Kier molecular flexibility index (Phi) is 2.48. The summed E-state index contributed by atoms with van der Waals surface area (Å²) in [7, 11) is -4.14. The Balaban J connectivity index is 3.11. The molecule has 0 radical (unpaired) electrons. The minimum absolute atomic E-state index is 0.108. The second-order valence-corrected chi connectivity index (χ2v) is 4.35. The van der Waals surface area contributed by atoms with Gasteiger partial charge in [-0.2, -0.15) is 13.5 Å². The van der Waals surface area contributed by atoms with Crippen molar-refractivity contribution < 1.29 is 18.3 Å². The van der Waals surface area contributed by atoms with Gasteiger partial charge in [0.05, 0.1) is 0 Å². The van der Waals surface area contributed by atoms with Crippen molar-refractivity contribution in [3.8, 4) is 0 Å². The number of nitrogens with zero attached hydrogens (tertiary/aromatic N) is 2. The topological polar surface area (TPSA) is 103 Å². The van der Waals surface area contributed by atoms with Gasteiger partial charge in [-0.15, -0.1) is 3.71 Å². The molecule has 2 N–H and O–H groups in total. The number of carbonyl (C=O) groups is 1. The Morgan fingerprint density at radius 1 is 1.69 bits per heavy atom. The zero-order valence-electron chi connectivity index (χ0n) is 6.08. The van der Waals surface area contributed by atoms with Crippen LogP contribution < -0.4 is 0 Å². The van der Waals surface area contributed by atoms with Crippen LogP contribution in [0.3, 0.4) is 0 Å². The standard InChI is InChI=1S/C4H5N3O4S2/c8-4(9)7(12)13(10,11)3-1-2-5-6-3/h1-2,12H,(H,5,6)(H,8,9). The number of aromatic amines is 1. The van der Waals surface area contributed by atoms with Gasteiger partial charge in [0.2, 0.25) is 0 Å². The lowest BCUT2D eigenvalue weighted by Gasteiger charge is -2.08. The predicted molar refractivity (Wildman–Crippen MR) is 44.6 cm³/mol. The largest absolute Gasteiger partial charge is 0.464 e. The normalized spacial score (nSPS) is 11.2. The molecule has 0 aliphatic rings. The summed E-state index contributed by atoms with van der Waals surface area (Å²) in [6, 6.07) is 1.13. The molecular weight excluding hydrogens is 218 g/mol. The van der Waals surface area contributed by atoms with Crippen molar-refractivity contribution in [1.82, 2.24) is 13.9 Å². The fourth-order valence-corrected chi connectivity index (χ4v) is 1.62. The lowest BCUT2D eigenvalue weighted by atomic mass is 10.8. The van der Waals surface area contributed by atoms with Crippen molar-refractivity contribution in [2.75, 3.05) is 0 Å². The summed E-state index contributed by atoms with van der Waals surface area (Å²) in [5, 5.41) is 13.5. The number of H-pyrrole nitrogens is 1. The fraction of sp³-hybridized carbons (Fsp3) is 0. The second kappa shape index (κ2) is 3.26. The molecule has 1 aromatic heterocycles. The van der Waals surface area contributed by atoms with Gasteiger partial charge < -0.3 is 5.11 Å². The zero-order chi connectivity index (χ0) is 10.1. The van der Waals surface area contributed by atoms with Gasteiger partial charge >= 0.3 is 6.09 Å². The van der Waals surface area contributed by atoms with Crippen LogP contribution in [0.2, 0.25) is 0 Å². The predicted octanol–water partition coefficient (Wildman–Crippen LogP) is -0.0768. The summed E-state index contributed by atoms with van der Waals surface area (Å²) >= 11 is 3.28. The molecule has 13 heavy (non-hydrogen) atoms. The van der Waals surface area contributed by atoms with Gasteiger partial charge in [0.25, 0.3) is 10.0 Å². The van der Waals surface area contributed by atoms with E-state index in [1.54, 1.807) is 0 Å². The number of hydrogen-bond donors (Lipinski definition) is 3. The van der Waals surface area contributed by atoms with Gasteiger partial charge in [-0.3, -0.25) is 5.10 Å². The molecule has 1 amide bonds. The molecule has 0 aliphatic carbocycles. The highest BCUT2D eigenvalue weighted by atomic mass is 32.3. The zero-order valence-corrected chi connectivity index (χ0v) is 7.79. The number of rotatable bonds is 2. The third-order valence-electron chi connectivity index (χ3n) is 1.13. The van der Waals surface area contributed by atoms with E-state index in [9.17, 15) is 13.2 Å². The van der Waals surface area contributed by atoms with Gasteiger partial charge in [-0.1, -0.05) is 0 Å². The van der Waals surface area contributed by atoms with Crippen molar-refractivity contribution in [2.45, 2.75) is 5.03 Å². The van der Waals surface area contributed by atoms with Crippen LogP contribution in [0, 0.1) is 0 Å². The minimum atomic E-state index is -4.14. The molecule has 0 atom stereocenters. The van der Waals surface area contributed by atoms with Crippen LogP contribution in [0.25, 0.3) is 0 Å². The lowest BCUT2D eigenvalue weighted by molar-refractivity contribution is 0.189. The molecule has 1 heterocycles. The van der Waals surface area contributed by atoms with Crippen molar-refractivity contribution >= 4 is 28.9 Å². The SMILES string of the molecule is O=C(O)N(S)S(=O)(=O)c1cc[nH]n1. The highest BCUT2D eigenvalue weighted by Gasteiger charge is 2.27. The summed E-state index contributed by atoms with van der Waals surface area (Å²) in [6.07, 6.45) is -0.428. The molecular formula is C4H5N3O4S2. The van der Waals surface area contributed by atoms with Crippen LogP contribution in [-0.4, -0.2) is 33.5 Å². The van der Waals surface area contributed by atoms with Crippen LogP contribution in [0.1, 0.15) is 0 Å². The summed E-state index contributed by atoms with van der Waals surface area (Å²) in [4.78, 5) is 10.3. The number of carboxylic acid groups (broad SMARTS) is 1. The molecule has 0 saturated heterocycles.